The van der Waals surface area contributed by atoms with Crippen molar-refractivity contribution in [1.82, 2.24) is 14.8 Å². The summed E-state index contributed by atoms with van der Waals surface area (Å²) in [4.78, 5) is 27.0. The number of carboxylic acid groups (broad SMARTS) is 1. The van der Waals surface area contributed by atoms with Crippen molar-refractivity contribution in [2.45, 2.75) is 84.7 Å². The molecule has 1 aromatic heterocycles. The number of nitrogens with one attached hydrogen (secondary N) is 1. The summed E-state index contributed by atoms with van der Waals surface area (Å²) in [7, 11) is 3.51. The number of rotatable bonds is 14. The first-order chi connectivity index (χ1) is 23.0. The summed E-state index contributed by atoms with van der Waals surface area (Å²) >= 11 is 0. The second kappa shape index (κ2) is 16.1. The quantitative estimate of drug-likeness (QED) is 0.164. The zero-order valence-corrected chi connectivity index (χ0v) is 29.0. The van der Waals surface area contributed by atoms with E-state index < -0.39 is 82.8 Å². The van der Waals surface area contributed by atoms with Crippen LogP contribution in [0.15, 0.2) is 35.3 Å². The highest BCUT2D eigenvalue weighted by Crippen LogP contribution is 2.42. The van der Waals surface area contributed by atoms with Crippen LogP contribution in [0.5, 0.6) is 0 Å². The van der Waals surface area contributed by atoms with Gasteiger partial charge in [-0.2, -0.15) is 26.3 Å². The van der Waals surface area contributed by atoms with Crippen LogP contribution in [0, 0.1) is 38.3 Å². The third kappa shape index (κ3) is 9.93. The van der Waals surface area contributed by atoms with Crippen LogP contribution in [0.1, 0.15) is 84.1 Å². The van der Waals surface area contributed by atoms with Gasteiger partial charge >= 0.3 is 18.3 Å². The molecule has 50 heavy (non-hydrogen) atoms. The molecule has 3 aromatic rings. The molecule has 0 saturated carbocycles. The Morgan fingerprint density at radius 3 is 2.00 bits per heavy atom. The Bertz CT molecular complexity index is 1720. The van der Waals surface area contributed by atoms with E-state index in [4.69, 9.17) is 0 Å². The minimum Gasteiger partial charge on any atom is -0.481 e. The molecule has 0 amide bonds. The van der Waals surface area contributed by atoms with Crippen LogP contribution >= 0.6 is 0 Å². The van der Waals surface area contributed by atoms with Crippen molar-refractivity contribution in [3.8, 4) is 11.1 Å². The molecule has 0 saturated heterocycles. The fraction of sp³-hybridized carbons (Fsp3) is 0.500. The van der Waals surface area contributed by atoms with Gasteiger partial charge in [0.2, 0.25) is 0 Å². The number of aromatic nitrogens is 1. The van der Waals surface area contributed by atoms with E-state index in [0.29, 0.717) is 36.2 Å². The smallest absolute Gasteiger partial charge is 0.419 e. The summed E-state index contributed by atoms with van der Waals surface area (Å²) in [5.41, 5.74) is -4.11. The molecule has 2 aromatic carbocycles. The van der Waals surface area contributed by atoms with E-state index in [9.17, 15) is 41.0 Å². The fourth-order valence-corrected chi connectivity index (χ4v) is 6.45. The highest BCUT2D eigenvalue weighted by molar-refractivity contribution is 5.74. The van der Waals surface area contributed by atoms with Gasteiger partial charge in [-0.25, -0.2) is 8.78 Å². The predicted octanol–water partition coefficient (Wildman–Crippen LogP) is 8.64. The second-order valence-corrected chi connectivity index (χ2v) is 13.5. The summed E-state index contributed by atoms with van der Waals surface area (Å²) in [5.74, 6) is -5.14. The lowest BCUT2D eigenvalue weighted by Gasteiger charge is -2.28. The molecule has 0 aliphatic heterocycles. The summed E-state index contributed by atoms with van der Waals surface area (Å²) in [6.07, 6.45) is -9.61. The first-order valence-corrected chi connectivity index (χ1v) is 16.1. The monoisotopic (exact) mass is 717 g/mol. The normalized spacial score (nSPS) is 13.7. The number of carboxylic acids is 1. The van der Waals surface area contributed by atoms with Crippen LogP contribution in [-0.4, -0.2) is 47.7 Å². The molecule has 2 atom stereocenters. The minimum atomic E-state index is -5.28. The molecule has 2 N–H and O–H groups in total. The Hall–Kier alpha value is -3.78. The molecule has 0 radical (unpaired) electrons. The number of benzene rings is 2. The standard InChI is InChI=1S/C36H43F8N3O3/c1-19(2)11-24(47-18-23(9-8-10-46(6)7)26(15-29(47)48)35(39,40)41)17-45-28(16-30(49)50)32-33(37)25(14-27(34(32)38)36(42,43)44)31-21(4)12-20(3)13-22(31)5/h12-15,18-19,24,28,45H,8-11,16-17H2,1-7H3,(H,49,50). The summed E-state index contributed by atoms with van der Waals surface area (Å²) in [6, 6.07) is 1.27. The molecule has 276 valence electrons. The molecule has 14 heteroatoms. The molecular weight excluding hydrogens is 674 g/mol. The van der Waals surface area contributed by atoms with Gasteiger partial charge in [-0.05, 0) is 94.9 Å². The van der Waals surface area contributed by atoms with Gasteiger partial charge in [-0.15, -0.1) is 0 Å². The first-order valence-electron chi connectivity index (χ1n) is 16.1. The van der Waals surface area contributed by atoms with E-state index in [2.05, 4.69) is 5.32 Å². The lowest BCUT2D eigenvalue weighted by atomic mass is 9.88. The third-order valence-corrected chi connectivity index (χ3v) is 8.47. The lowest BCUT2D eigenvalue weighted by Crippen LogP contribution is -2.37. The maximum atomic E-state index is 16.4. The molecule has 0 aliphatic carbocycles. The number of halogens is 8. The van der Waals surface area contributed by atoms with Crippen molar-refractivity contribution in [3.05, 3.63) is 91.4 Å². The number of aliphatic carboxylic acids is 1. The number of pyridine rings is 1. The molecule has 2 unspecified atom stereocenters. The number of aryl methyl sites for hydroxylation is 4. The van der Waals surface area contributed by atoms with E-state index >= 15 is 8.78 Å². The van der Waals surface area contributed by atoms with Crippen molar-refractivity contribution in [3.63, 3.8) is 0 Å². The highest BCUT2D eigenvalue weighted by atomic mass is 19.4. The van der Waals surface area contributed by atoms with Gasteiger partial charge in [0.25, 0.3) is 5.56 Å². The van der Waals surface area contributed by atoms with E-state index in [1.54, 1.807) is 65.7 Å². The molecule has 6 nitrogen and oxygen atoms in total. The minimum absolute atomic E-state index is 0.0297. The average Bonchev–Trinajstić information content (AvgIpc) is 2.94. The number of carbonyl (C=O) groups is 1. The van der Waals surface area contributed by atoms with Crippen molar-refractivity contribution < 1.29 is 45.0 Å². The van der Waals surface area contributed by atoms with Gasteiger partial charge < -0.3 is 19.9 Å². The maximum absolute atomic E-state index is 16.4. The van der Waals surface area contributed by atoms with Crippen LogP contribution in [0.2, 0.25) is 0 Å². The van der Waals surface area contributed by atoms with Gasteiger partial charge in [0, 0.05) is 42.0 Å². The van der Waals surface area contributed by atoms with Crippen LogP contribution in [0.3, 0.4) is 0 Å². The Kier molecular flexibility index (Phi) is 13.0. The molecule has 0 spiro atoms. The zero-order valence-electron chi connectivity index (χ0n) is 29.0. The second-order valence-electron chi connectivity index (χ2n) is 13.5. The van der Waals surface area contributed by atoms with Crippen LogP contribution < -0.4 is 10.9 Å². The number of hydrogen-bond donors (Lipinski definition) is 2. The van der Waals surface area contributed by atoms with E-state index in [-0.39, 0.29) is 29.9 Å². The van der Waals surface area contributed by atoms with Gasteiger partial charge in [-0.1, -0.05) is 31.5 Å². The van der Waals surface area contributed by atoms with Crippen LogP contribution in [0.25, 0.3) is 11.1 Å². The van der Waals surface area contributed by atoms with E-state index in [1.807, 2.05) is 0 Å². The summed E-state index contributed by atoms with van der Waals surface area (Å²) < 4.78 is 118. The topological polar surface area (TPSA) is 74.6 Å². The van der Waals surface area contributed by atoms with Gasteiger partial charge in [0.05, 0.1) is 17.5 Å². The molecule has 3 rings (SSSR count). The zero-order chi connectivity index (χ0) is 37.9. The van der Waals surface area contributed by atoms with Gasteiger partial charge in [0.1, 0.15) is 11.6 Å². The molecular formula is C36H43F8N3O3. The molecule has 1 heterocycles. The van der Waals surface area contributed by atoms with Crippen LogP contribution in [0.4, 0.5) is 35.1 Å². The predicted molar refractivity (Wildman–Crippen MR) is 175 cm³/mol. The van der Waals surface area contributed by atoms with Crippen molar-refractivity contribution in [2.75, 3.05) is 27.2 Å². The number of alkyl halides is 6. The van der Waals surface area contributed by atoms with Crippen molar-refractivity contribution in [2.24, 2.45) is 5.92 Å². The lowest BCUT2D eigenvalue weighted by molar-refractivity contribution is -0.140. The van der Waals surface area contributed by atoms with E-state index in [1.165, 1.54) is 0 Å². The largest absolute Gasteiger partial charge is 0.481 e. The average molecular weight is 718 g/mol. The number of nitrogens with zero attached hydrogens (tertiary/aromatic N) is 2. The Morgan fingerprint density at radius 1 is 0.920 bits per heavy atom. The fourth-order valence-electron chi connectivity index (χ4n) is 6.45. The van der Waals surface area contributed by atoms with E-state index in [0.717, 1.165) is 16.3 Å². The van der Waals surface area contributed by atoms with Crippen molar-refractivity contribution in [1.29, 1.82) is 0 Å². The first kappa shape index (κ1) is 40.6. The van der Waals surface area contributed by atoms with Gasteiger partial charge in [-0.3, -0.25) is 9.59 Å². The van der Waals surface area contributed by atoms with Gasteiger partial charge in [0.15, 0.2) is 0 Å². The molecule has 0 aliphatic rings. The maximum Gasteiger partial charge on any atom is 0.419 e. The third-order valence-electron chi connectivity index (χ3n) is 8.47. The molecule has 0 bridgehead atoms. The van der Waals surface area contributed by atoms with Crippen molar-refractivity contribution >= 4 is 5.97 Å². The summed E-state index contributed by atoms with van der Waals surface area (Å²) in [6.45, 7) is 8.44. The Morgan fingerprint density at radius 2 is 1.50 bits per heavy atom. The SMILES string of the molecule is Cc1cc(C)c(-c2cc(C(F)(F)F)c(F)c(C(CC(=O)O)NCC(CC(C)C)n3cc(CCCN(C)C)c(C(F)(F)F)cc3=O)c2F)c(C)c1. The van der Waals surface area contributed by atoms with Crippen LogP contribution in [-0.2, 0) is 23.6 Å². The Balaban J connectivity index is 2.21. The highest BCUT2D eigenvalue weighted by Gasteiger charge is 2.40. The number of hydrogen-bond acceptors (Lipinski definition) is 4. The summed E-state index contributed by atoms with van der Waals surface area (Å²) in [5, 5.41) is 12.4. The Labute approximate surface area is 286 Å². The molecule has 0 fully saturated rings.